The highest BCUT2D eigenvalue weighted by atomic mass is 16.5. The summed E-state index contributed by atoms with van der Waals surface area (Å²) in [6.45, 7) is 1.68. The van der Waals surface area contributed by atoms with Gasteiger partial charge < -0.3 is 10.1 Å². The van der Waals surface area contributed by atoms with Crippen LogP contribution < -0.4 is 10.1 Å². The van der Waals surface area contributed by atoms with Crippen molar-refractivity contribution in [3.63, 3.8) is 0 Å². The van der Waals surface area contributed by atoms with E-state index in [2.05, 4.69) is 10.3 Å². The monoisotopic (exact) mass is 317 g/mol. The molecule has 3 rings (SSSR count). The fraction of sp³-hybridized carbons (Fsp3) is 0.105. The first-order valence-corrected chi connectivity index (χ1v) is 7.48. The maximum atomic E-state index is 12.4. The van der Waals surface area contributed by atoms with E-state index in [9.17, 15) is 4.79 Å². The Morgan fingerprint density at radius 2 is 2.00 bits per heavy atom. The zero-order valence-corrected chi connectivity index (χ0v) is 13.1. The standard InChI is InChI=1S/C19H15N3O2/c1-13(24-16-7-5-14(11-20)6-8-16)19(23)22-18-4-2-3-15-12-21-10-9-17(15)18/h2-10,12-13H,1H3,(H,22,23)/t13-/m1/s1. The number of nitrogens with one attached hydrogen (secondary N) is 1. The number of nitriles is 1. The molecule has 5 nitrogen and oxygen atoms in total. The molecule has 0 unspecified atom stereocenters. The number of carbonyl (C=O) groups is 1. The first kappa shape index (κ1) is 15.5. The third-order valence-electron chi connectivity index (χ3n) is 3.60. The number of amides is 1. The van der Waals surface area contributed by atoms with Crippen LogP contribution in [0.5, 0.6) is 5.75 Å². The van der Waals surface area contributed by atoms with E-state index in [4.69, 9.17) is 10.00 Å². The number of nitrogens with zero attached hydrogens (tertiary/aromatic N) is 2. The maximum Gasteiger partial charge on any atom is 0.265 e. The van der Waals surface area contributed by atoms with Crippen LogP contribution in [0.4, 0.5) is 5.69 Å². The average Bonchev–Trinajstić information content (AvgIpc) is 2.62. The van der Waals surface area contributed by atoms with E-state index < -0.39 is 6.10 Å². The zero-order chi connectivity index (χ0) is 16.9. The van der Waals surface area contributed by atoms with E-state index in [1.165, 1.54) is 0 Å². The molecule has 1 amide bonds. The first-order valence-electron chi connectivity index (χ1n) is 7.48. The van der Waals surface area contributed by atoms with Crippen molar-refractivity contribution < 1.29 is 9.53 Å². The lowest BCUT2D eigenvalue weighted by atomic mass is 10.1. The van der Waals surface area contributed by atoms with Crippen LogP contribution in [-0.2, 0) is 4.79 Å². The Labute approximate surface area is 139 Å². The summed E-state index contributed by atoms with van der Waals surface area (Å²) in [5, 5.41) is 13.6. The number of rotatable bonds is 4. The minimum absolute atomic E-state index is 0.247. The molecular weight excluding hydrogens is 302 g/mol. The van der Waals surface area contributed by atoms with Crippen molar-refractivity contribution in [3.05, 3.63) is 66.5 Å². The molecule has 1 heterocycles. The molecule has 0 aliphatic heterocycles. The van der Waals surface area contributed by atoms with Gasteiger partial charge in [0.05, 0.1) is 11.6 Å². The minimum atomic E-state index is -0.671. The van der Waals surface area contributed by atoms with Gasteiger partial charge >= 0.3 is 0 Å². The van der Waals surface area contributed by atoms with Crippen molar-refractivity contribution in [2.45, 2.75) is 13.0 Å². The number of carbonyl (C=O) groups excluding carboxylic acids is 1. The molecule has 0 saturated heterocycles. The van der Waals surface area contributed by atoms with Crippen molar-refractivity contribution in [1.29, 1.82) is 5.26 Å². The number of ether oxygens (including phenoxy) is 1. The van der Waals surface area contributed by atoms with Gasteiger partial charge in [0, 0.05) is 28.9 Å². The van der Waals surface area contributed by atoms with Gasteiger partial charge in [-0.15, -0.1) is 0 Å². The smallest absolute Gasteiger partial charge is 0.265 e. The molecular formula is C19H15N3O2. The van der Waals surface area contributed by atoms with Crippen LogP contribution in [0.1, 0.15) is 12.5 Å². The van der Waals surface area contributed by atoms with Crippen LogP contribution in [0.25, 0.3) is 10.8 Å². The van der Waals surface area contributed by atoms with Gasteiger partial charge in [0.15, 0.2) is 6.10 Å². The molecule has 0 bridgehead atoms. The number of fused-ring (bicyclic) bond motifs is 1. The summed E-state index contributed by atoms with van der Waals surface area (Å²) in [5.41, 5.74) is 1.26. The van der Waals surface area contributed by atoms with Gasteiger partial charge in [0.25, 0.3) is 5.91 Å². The van der Waals surface area contributed by atoms with Gasteiger partial charge in [0.1, 0.15) is 5.75 Å². The molecule has 0 radical (unpaired) electrons. The molecule has 0 aliphatic carbocycles. The third-order valence-corrected chi connectivity index (χ3v) is 3.60. The molecule has 24 heavy (non-hydrogen) atoms. The van der Waals surface area contributed by atoms with E-state index in [0.29, 0.717) is 11.3 Å². The van der Waals surface area contributed by atoms with E-state index in [1.54, 1.807) is 43.6 Å². The molecule has 1 atom stereocenters. The predicted molar refractivity (Wildman–Crippen MR) is 91.6 cm³/mol. The molecule has 0 spiro atoms. The van der Waals surface area contributed by atoms with E-state index in [1.807, 2.05) is 30.3 Å². The van der Waals surface area contributed by atoms with Crippen molar-refractivity contribution in [1.82, 2.24) is 4.98 Å². The SMILES string of the molecule is C[C@@H](Oc1ccc(C#N)cc1)C(=O)Nc1cccc2cnccc12. The fourth-order valence-corrected chi connectivity index (χ4v) is 2.33. The van der Waals surface area contributed by atoms with Crippen LogP contribution in [0.2, 0.25) is 0 Å². The molecule has 0 fully saturated rings. The first-order chi connectivity index (χ1) is 11.7. The van der Waals surface area contributed by atoms with Crippen LogP contribution in [-0.4, -0.2) is 17.0 Å². The summed E-state index contributed by atoms with van der Waals surface area (Å²) in [6.07, 6.45) is 2.77. The van der Waals surface area contributed by atoms with Gasteiger partial charge in [-0.3, -0.25) is 9.78 Å². The third kappa shape index (κ3) is 3.33. The number of aromatic nitrogens is 1. The number of pyridine rings is 1. The Morgan fingerprint density at radius 1 is 1.21 bits per heavy atom. The lowest BCUT2D eigenvalue weighted by Gasteiger charge is -2.15. The van der Waals surface area contributed by atoms with Crippen molar-refractivity contribution >= 4 is 22.4 Å². The van der Waals surface area contributed by atoms with Crippen LogP contribution in [0.15, 0.2) is 60.9 Å². The average molecular weight is 317 g/mol. The number of hydrogen-bond acceptors (Lipinski definition) is 4. The quantitative estimate of drug-likeness (QED) is 0.799. The van der Waals surface area contributed by atoms with Gasteiger partial charge in [0.2, 0.25) is 0 Å². The maximum absolute atomic E-state index is 12.4. The lowest BCUT2D eigenvalue weighted by molar-refractivity contribution is -0.122. The highest BCUT2D eigenvalue weighted by Gasteiger charge is 2.16. The van der Waals surface area contributed by atoms with E-state index in [0.717, 1.165) is 16.5 Å². The molecule has 118 valence electrons. The largest absolute Gasteiger partial charge is 0.481 e. The van der Waals surface area contributed by atoms with E-state index >= 15 is 0 Å². The summed E-state index contributed by atoms with van der Waals surface area (Å²) in [5.74, 6) is 0.294. The van der Waals surface area contributed by atoms with E-state index in [-0.39, 0.29) is 5.91 Å². The van der Waals surface area contributed by atoms with Gasteiger partial charge in [-0.1, -0.05) is 12.1 Å². The number of anilines is 1. The second-order valence-corrected chi connectivity index (χ2v) is 5.29. The van der Waals surface area contributed by atoms with Crippen molar-refractivity contribution in [2.75, 3.05) is 5.32 Å². The molecule has 0 saturated carbocycles. The summed E-state index contributed by atoms with van der Waals surface area (Å²) >= 11 is 0. The normalized spacial score (nSPS) is 11.5. The molecule has 0 aliphatic rings. The second-order valence-electron chi connectivity index (χ2n) is 5.29. The van der Waals surface area contributed by atoms with Crippen LogP contribution >= 0.6 is 0 Å². The predicted octanol–water partition coefficient (Wildman–Crippen LogP) is 3.51. The zero-order valence-electron chi connectivity index (χ0n) is 13.1. The van der Waals surface area contributed by atoms with Gasteiger partial charge in [-0.05, 0) is 43.3 Å². The fourth-order valence-electron chi connectivity index (χ4n) is 2.33. The van der Waals surface area contributed by atoms with Crippen molar-refractivity contribution in [3.8, 4) is 11.8 Å². The minimum Gasteiger partial charge on any atom is -0.481 e. The molecule has 2 aromatic carbocycles. The molecule has 5 heteroatoms. The van der Waals surface area contributed by atoms with Crippen molar-refractivity contribution in [2.24, 2.45) is 0 Å². The van der Waals surface area contributed by atoms with Crippen LogP contribution in [0.3, 0.4) is 0 Å². The van der Waals surface area contributed by atoms with Crippen LogP contribution in [0, 0.1) is 11.3 Å². The Kier molecular flexibility index (Phi) is 4.39. The molecule has 1 aromatic heterocycles. The molecule has 3 aromatic rings. The van der Waals surface area contributed by atoms with Gasteiger partial charge in [-0.2, -0.15) is 5.26 Å². The lowest BCUT2D eigenvalue weighted by Crippen LogP contribution is -2.30. The summed E-state index contributed by atoms with van der Waals surface area (Å²) in [7, 11) is 0. The topological polar surface area (TPSA) is 75.0 Å². The Hall–Kier alpha value is -3.39. The summed E-state index contributed by atoms with van der Waals surface area (Å²) < 4.78 is 5.63. The Balaban J connectivity index is 1.72. The number of hydrogen-bond donors (Lipinski definition) is 1. The molecule has 1 N–H and O–H groups in total. The second kappa shape index (κ2) is 6.80. The summed E-state index contributed by atoms with van der Waals surface area (Å²) in [6, 6.07) is 16.2. The van der Waals surface area contributed by atoms with Gasteiger partial charge in [-0.25, -0.2) is 0 Å². The highest BCUT2D eigenvalue weighted by molar-refractivity contribution is 6.03. The Bertz CT molecular complexity index is 909. The Morgan fingerprint density at radius 3 is 2.75 bits per heavy atom. The highest BCUT2D eigenvalue weighted by Crippen LogP contribution is 2.22. The summed E-state index contributed by atoms with van der Waals surface area (Å²) in [4.78, 5) is 16.5. The number of benzene rings is 2.